The molecule has 2 heteroatoms. The van der Waals surface area contributed by atoms with Crippen LogP contribution in [0.25, 0.3) is 0 Å². The largest absolute Gasteiger partial charge is 0.299 e. The fourth-order valence-corrected chi connectivity index (χ4v) is 1.73. The zero-order valence-corrected chi connectivity index (χ0v) is 7.27. The van der Waals surface area contributed by atoms with Gasteiger partial charge in [0, 0.05) is 5.03 Å². The van der Waals surface area contributed by atoms with Gasteiger partial charge in [0.25, 0.3) is 0 Å². The number of carbonyl (C=O) groups excluding carboxylic acids is 1. The molecule has 1 atom stereocenters. The van der Waals surface area contributed by atoms with Crippen LogP contribution in [0.5, 0.6) is 0 Å². The molecule has 1 nitrogen and oxygen atoms in total. The predicted octanol–water partition coefficient (Wildman–Crippen LogP) is 2.66. The summed E-state index contributed by atoms with van der Waals surface area (Å²) in [4.78, 5) is 10.1. The molecule has 0 N–H and O–H groups in total. The summed E-state index contributed by atoms with van der Waals surface area (Å²) in [7, 11) is 0. The van der Waals surface area contributed by atoms with Gasteiger partial charge in [0.2, 0.25) is 0 Å². The van der Waals surface area contributed by atoms with Gasteiger partial charge in [-0.3, -0.25) is 4.79 Å². The molecule has 1 aliphatic carbocycles. The lowest BCUT2D eigenvalue weighted by Gasteiger charge is -2.16. The van der Waals surface area contributed by atoms with Crippen LogP contribution < -0.4 is 0 Å². The molecule has 0 saturated heterocycles. The van der Waals surface area contributed by atoms with Crippen molar-refractivity contribution < 1.29 is 4.79 Å². The lowest BCUT2D eigenvalue weighted by Crippen LogP contribution is -2.02. The van der Waals surface area contributed by atoms with Gasteiger partial charge < -0.3 is 0 Å². The van der Waals surface area contributed by atoms with Gasteiger partial charge in [-0.15, -0.1) is 0 Å². The Balaban J connectivity index is 2.76. The minimum atomic E-state index is 0.568. The van der Waals surface area contributed by atoms with Crippen molar-refractivity contribution in [3.63, 3.8) is 0 Å². The molecule has 0 aliphatic heterocycles. The Morgan fingerprint density at radius 2 is 2.36 bits per heavy atom. The normalized spacial score (nSPS) is 28.4. The van der Waals surface area contributed by atoms with E-state index in [1.807, 2.05) is 6.08 Å². The van der Waals surface area contributed by atoms with Crippen LogP contribution in [0.2, 0.25) is 0 Å². The highest BCUT2D eigenvalue weighted by atomic mass is 35.5. The molecule has 60 valence electrons. The van der Waals surface area contributed by atoms with E-state index in [1.165, 1.54) is 0 Å². The summed E-state index contributed by atoms with van der Waals surface area (Å²) in [5, 5.41) is 0.858. The maximum absolute atomic E-state index is 10.1. The first-order valence-corrected chi connectivity index (χ1v) is 4.10. The van der Waals surface area contributed by atoms with E-state index in [4.69, 9.17) is 11.6 Å². The molecule has 0 aromatic rings. The van der Waals surface area contributed by atoms with Crippen LogP contribution in [0.15, 0.2) is 22.8 Å². The lowest BCUT2D eigenvalue weighted by molar-refractivity contribution is -0.104. The van der Waals surface area contributed by atoms with Crippen molar-refractivity contribution >= 4 is 17.9 Å². The molecule has 0 aromatic carbocycles. The second-order valence-corrected chi connectivity index (χ2v) is 3.47. The first-order chi connectivity index (χ1) is 5.22. The van der Waals surface area contributed by atoms with Gasteiger partial charge in [0.05, 0.1) is 0 Å². The zero-order chi connectivity index (χ0) is 8.27. The molecule has 1 rings (SSSR count). The van der Waals surface area contributed by atoms with E-state index in [1.54, 1.807) is 6.08 Å². The highest BCUT2D eigenvalue weighted by Crippen LogP contribution is 2.28. The van der Waals surface area contributed by atoms with Crippen LogP contribution in [-0.2, 0) is 4.79 Å². The van der Waals surface area contributed by atoms with E-state index >= 15 is 0 Å². The number of halogens is 1. The van der Waals surface area contributed by atoms with Crippen LogP contribution in [0.1, 0.15) is 19.8 Å². The van der Waals surface area contributed by atoms with Crippen molar-refractivity contribution in [3.8, 4) is 0 Å². The predicted molar refractivity (Wildman–Crippen MR) is 46.5 cm³/mol. The van der Waals surface area contributed by atoms with E-state index in [-0.39, 0.29) is 0 Å². The second kappa shape index (κ2) is 3.72. The smallest absolute Gasteiger partial charge is 0.143 e. The third kappa shape index (κ3) is 2.51. The third-order valence-electron chi connectivity index (χ3n) is 1.75. The van der Waals surface area contributed by atoms with E-state index in [0.29, 0.717) is 5.92 Å². The van der Waals surface area contributed by atoms with E-state index < -0.39 is 0 Å². The molecule has 11 heavy (non-hydrogen) atoms. The summed E-state index contributed by atoms with van der Waals surface area (Å²) in [6.07, 6.45) is 6.19. The van der Waals surface area contributed by atoms with Crippen LogP contribution in [0.4, 0.5) is 0 Å². The summed E-state index contributed by atoms with van der Waals surface area (Å²) in [6, 6.07) is 0. The first kappa shape index (κ1) is 8.54. The van der Waals surface area contributed by atoms with Crippen LogP contribution in [0, 0.1) is 5.92 Å². The molecular formula is C9H11ClO. The Morgan fingerprint density at radius 1 is 1.64 bits per heavy atom. The second-order valence-electron chi connectivity index (χ2n) is 2.98. The highest BCUT2D eigenvalue weighted by molar-refractivity contribution is 6.29. The number of rotatable bonds is 1. The molecule has 0 bridgehead atoms. The molecule has 1 unspecified atom stereocenters. The minimum absolute atomic E-state index is 0.568. The Labute approximate surface area is 71.7 Å². The fraction of sp³-hybridized carbons (Fsp3) is 0.444. The van der Waals surface area contributed by atoms with E-state index in [9.17, 15) is 4.79 Å². The van der Waals surface area contributed by atoms with E-state index in [0.717, 1.165) is 29.7 Å². The molecule has 0 spiro atoms. The number of carbonyl (C=O) groups is 1. The number of hydrogen-bond donors (Lipinski definition) is 0. The summed E-state index contributed by atoms with van der Waals surface area (Å²) in [6.45, 7) is 2.13. The molecule has 1 aliphatic rings. The molecule has 0 radical (unpaired) electrons. The van der Waals surface area contributed by atoms with Crippen molar-refractivity contribution in [1.29, 1.82) is 0 Å². The fourth-order valence-electron chi connectivity index (χ4n) is 1.33. The van der Waals surface area contributed by atoms with Crippen molar-refractivity contribution in [1.82, 2.24) is 0 Å². The van der Waals surface area contributed by atoms with Gasteiger partial charge in [-0.05, 0) is 36.5 Å². The van der Waals surface area contributed by atoms with Crippen molar-refractivity contribution in [2.45, 2.75) is 19.8 Å². The maximum Gasteiger partial charge on any atom is 0.143 e. The topological polar surface area (TPSA) is 17.1 Å². The molecule has 0 amide bonds. The minimum Gasteiger partial charge on any atom is -0.299 e. The van der Waals surface area contributed by atoms with Crippen LogP contribution >= 0.6 is 11.6 Å². The quantitative estimate of drug-likeness (QED) is 0.437. The van der Waals surface area contributed by atoms with Crippen LogP contribution in [0.3, 0.4) is 0 Å². The van der Waals surface area contributed by atoms with Gasteiger partial charge in [-0.2, -0.15) is 0 Å². The van der Waals surface area contributed by atoms with Crippen molar-refractivity contribution in [3.05, 3.63) is 22.8 Å². The zero-order valence-electron chi connectivity index (χ0n) is 6.51. The van der Waals surface area contributed by atoms with Gasteiger partial charge in [0.1, 0.15) is 6.29 Å². The summed E-state index contributed by atoms with van der Waals surface area (Å²) >= 11 is 5.85. The molecule has 0 fully saturated rings. The number of allylic oxidation sites excluding steroid dienone is 4. The van der Waals surface area contributed by atoms with Gasteiger partial charge in [-0.1, -0.05) is 18.5 Å². The van der Waals surface area contributed by atoms with Crippen molar-refractivity contribution in [2.24, 2.45) is 5.92 Å². The van der Waals surface area contributed by atoms with Gasteiger partial charge in [-0.25, -0.2) is 0 Å². The Morgan fingerprint density at radius 3 is 2.91 bits per heavy atom. The molecular weight excluding hydrogens is 160 g/mol. The average Bonchev–Trinajstić information content (AvgIpc) is 1.85. The summed E-state index contributed by atoms with van der Waals surface area (Å²) in [5.41, 5.74) is 1.05. The third-order valence-corrected chi connectivity index (χ3v) is 2.02. The summed E-state index contributed by atoms with van der Waals surface area (Å²) < 4.78 is 0. The Kier molecular flexibility index (Phi) is 2.89. The monoisotopic (exact) mass is 170 g/mol. The molecule has 0 heterocycles. The lowest BCUT2D eigenvalue weighted by atomic mass is 9.92. The first-order valence-electron chi connectivity index (χ1n) is 3.72. The summed E-state index contributed by atoms with van der Waals surface area (Å²) in [5.74, 6) is 0.568. The highest BCUT2D eigenvalue weighted by Gasteiger charge is 2.12. The Bertz CT molecular complexity index is 216. The van der Waals surface area contributed by atoms with Gasteiger partial charge in [0.15, 0.2) is 0 Å². The molecule has 0 aromatic heterocycles. The Hall–Kier alpha value is -0.560. The number of aldehydes is 1. The van der Waals surface area contributed by atoms with Gasteiger partial charge >= 0.3 is 0 Å². The SMILES string of the molecule is CC1CC(Cl)=C/C(=C/C=O)C1. The standard InChI is InChI=1S/C9H11ClO/c1-7-4-8(2-3-11)6-9(10)5-7/h2-3,6-7H,4-5H2,1H3/b8-2+. The van der Waals surface area contributed by atoms with Crippen LogP contribution in [-0.4, -0.2) is 6.29 Å². The average molecular weight is 171 g/mol. The van der Waals surface area contributed by atoms with Crippen molar-refractivity contribution in [2.75, 3.05) is 0 Å². The maximum atomic E-state index is 10.1. The van der Waals surface area contributed by atoms with E-state index in [2.05, 4.69) is 6.92 Å². The number of hydrogen-bond acceptors (Lipinski definition) is 1. The molecule has 0 saturated carbocycles.